The van der Waals surface area contributed by atoms with Crippen molar-refractivity contribution in [1.29, 1.82) is 0 Å². The molecule has 0 fully saturated rings. The maximum Gasteiger partial charge on any atom is 0.222 e. The van der Waals surface area contributed by atoms with Gasteiger partial charge < -0.3 is 16.0 Å². The van der Waals surface area contributed by atoms with Crippen LogP contribution < -0.4 is 16.0 Å². The molecule has 136 valence electrons. The molecule has 1 amide bonds. The first-order valence-corrected chi connectivity index (χ1v) is 7.99. The van der Waals surface area contributed by atoms with E-state index in [1.165, 1.54) is 6.07 Å². The number of halogens is 2. The largest absolute Gasteiger partial charge is 0.357 e. The second-order valence-electron chi connectivity index (χ2n) is 5.65. The van der Waals surface area contributed by atoms with Crippen molar-refractivity contribution in [2.45, 2.75) is 34.2 Å². The second-order valence-corrected chi connectivity index (χ2v) is 5.65. The second kappa shape index (κ2) is 12.0. The maximum absolute atomic E-state index is 13.5. The van der Waals surface area contributed by atoms with Crippen molar-refractivity contribution in [2.75, 3.05) is 19.6 Å². The number of aliphatic imine (C=N–C) groups is 1. The van der Waals surface area contributed by atoms with Gasteiger partial charge in [-0.05, 0) is 31.0 Å². The van der Waals surface area contributed by atoms with E-state index in [0.29, 0.717) is 31.2 Å². The summed E-state index contributed by atoms with van der Waals surface area (Å²) in [4.78, 5) is 15.9. The van der Waals surface area contributed by atoms with E-state index in [1.807, 2.05) is 26.8 Å². The number of amides is 1. The van der Waals surface area contributed by atoms with Gasteiger partial charge >= 0.3 is 0 Å². The van der Waals surface area contributed by atoms with E-state index in [0.717, 1.165) is 12.1 Å². The van der Waals surface area contributed by atoms with Crippen LogP contribution in [0.15, 0.2) is 23.2 Å². The molecule has 7 heteroatoms. The Kier molecular flexibility index (Phi) is 11.4. The quantitative estimate of drug-likeness (QED) is 0.259. The topological polar surface area (TPSA) is 65.5 Å². The van der Waals surface area contributed by atoms with Crippen LogP contribution in [-0.4, -0.2) is 31.5 Å². The van der Waals surface area contributed by atoms with Gasteiger partial charge in [-0.3, -0.25) is 4.79 Å². The molecule has 3 N–H and O–H groups in total. The third-order valence-corrected chi connectivity index (χ3v) is 3.24. The van der Waals surface area contributed by atoms with Crippen LogP contribution >= 0.6 is 24.0 Å². The van der Waals surface area contributed by atoms with Crippen LogP contribution in [0.4, 0.5) is 4.39 Å². The standard InChI is InChI=1S/C17H27FN4O.HI/c1-5-19-17(21-9-8-20-16(23)12(2)3)22-11-14-7-6-13(4)15(18)10-14;/h6-7,10,12H,5,8-9,11H2,1-4H3,(H,20,23)(H2,19,21,22);1H. The zero-order valence-corrected chi connectivity index (χ0v) is 17.1. The summed E-state index contributed by atoms with van der Waals surface area (Å²) in [6.45, 7) is 9.65. The number of hydrogen-bond acceptors (Lipinski definition) is 2. The number of aryl methyl sites for hydroxylation is 1. The van der Waals surface area contributed by atoms with Crippen LogP contribution in [-0.2, 0) is 11.3 Å². The summed E-state index contributed by atoms with van der Waals surface area (Å²) in [5.41, 5.74) is 1.45. The van der Waals surface area contributed by atoms with Gasteiger partial charge in [0, 0.05) is 25.6 Å². The summed E-state index contributed by atoms with van der Waals surface area (Å²) >= 11 is 0. The van der Waals surface area contributed by atoms with Crippen LogP contribution in [0.3, 0.4) is 0 Å². The highest BCUT2D eigenvalue weighted by molar-refractivity contribution is 14.0. The van der Waals surface area contributed by atoms with Crippen molar-refractivity contribution >= 4 is 35.8 Å². The number of carbonyl (C=O) groups is 1. The van der Waals surface area contributed by atoms with E-state index in [4.69, 9.17) is 0 Å². The fraction of sp³-hybridized carbons (Fsp3) is 0.529. The molecule has 0 atom stereocenters. The first-order chi connectivity index (χ1) is 10.9. The van der Waals surface area contributed by atoms with Gasteiger partial charge in [-0.2, -0.15) is 0 Å². The molecule has 0 unspecified atom stereocenters. The molecule has 0 radical (unpaired) electrons. The van der Waals surface area contributed by atoms with Crippen molar-refractivity contribution in [3.8, 4) is 0 Å². The summed E-state index contributed by atoms with van der Waals surface area (Å²) in [5, 5.41) is 9.10. The van der Waals surface area contributed by atoms with E-state index in [1.54, 1.807) is 13.0 Å². The zero-order chi connectivity index (χ0) is 17.2. The van der Waals surface area contributed by atoms with Crippen molar-refractivity contribution < 1.29 is 9.18 Å². The fourth-order valence-electron chi connectivity index (χ4n) is 1.82. The van der Waals surface area contributed by atoms with Gasteiger partial charge in [-0.25, -0.2) is 9.38 Å². The number of hydrogen-bond donors (Lipinski definition) is 3. The van der Waals surface area contributed by atoms with E-state index in [-0.39, 0.29) is 41.6 Å². The average molecular weight is 450 g/mol. The van der Waals surface area contributed by atoms with E-state index < -0.39 is 0 Å². The molecule has 0 bridgehead atoms. The molecule has 1 aromatic carbocycles. The third-order valence-electron chi connectivity index (χ3n) is 3.24. The Morgan fingerprint density at radius 1 is 1.21 bits per heavy atom. The van der Waals surface area contributed by atoms with Gasteiger partial charge in [-0.15, -0.1) is 24.0 Å². The number of rotatable bonds is 7. The Labute approximate surface area is 160 Å². The monoisotopic (exact) mass is 450 g/mol. The lowest BCUT2D eigenvalue weighted by Gasteiger charge is -2.12. The lowest BCUT2D eigenvalue weighted by molar-refractivity contribution is -0.123. The van der Waals surface area contributed by atoms with Gasteiger partial charge in [-0.1, -0.05) is 26.0 Å². The van der Waals surface area contributed by atoms with Gasteiger partial charge in [0.25, 0.3) is 0 Å². The van der Waals surface area contributed by atoms with Crippen LogP contribution in [0.5, 0.6) is 0 Å². The Balaban J connectivity index is 0.00000529. The summed E-state index contributed by atoms with van der Waals surface area (Å²) in [7, 11) is 0. The Morgan fingerprint density at radius 3 is 2.46 bits per heavy atom. The lowest BCUT2D eigenvalue weighted by Crippen LogP contribution is -2.42. The summed E-state index contributed by atoms with van der Waals surface area (Å²) in [6.07, 6.45) is 0. The summed E-state index contributed by atoms with van der Waals surface area (Å²) in [5.74, 6) is 0.441. The molecule has 24 heavy (non-hydrogen) atoms. The van der Waals surface area contributed by atoms with E-state index >= 15 is 0 Å². The summed E-state index contributed by atoms with van der Waals surface area (Å²) in [6, 6.07) is 5.13. The molecule has 0 saturated heterocycles. The number of benzene rings is 1. The van der Waals surface area contributed by atoms with E-state index in [9.17, 15) is 9.18 Å². The van der Waals surface area contributed by atoms with Crippen molar-refractivity contribution in [2.24, 2.45) is 10.9 Å². The molecule has 0 spiro atoms. The normalized spacial score (nSPS) is 11.0. The first-order valence-electron chi connectivity index (χ1n) is 7.99. The third kappa shape index (κ3) is 8.47. The fourth-order valence-corrected chi connectivity index (χ4v) is 1.82. The van der Waals surface area contributed by atoms with Crippen molar-refractivity contribution in [3.63, 3.8) is 0 Å². The highest BCUT2D eigenvalue weighted by Crippen LogP contribution is 2.09. The SMILES string of the molecule is CCNC(=NCc1ccc(C)c(F)c1)NCCNC(=O)C(C)C.I. The molecule has 0 aliphatic rings. The molecule has 0 heterocycles. The van der Waals surface area contributed by atoms with Gasteiger partial charge in [0.05, 0.1) is 6.54 Å². The lowest BCUT2D eigenvalue weighted by atomic mass is 10.1. The predicted octanol–water partition coefficient (Wildman–Crippen LogP) is 2.58. The van der Waals surface area contributed by atoms with Crippen LogP contribution in [0.2, 0.25) is 0 Å². The molecule has 5 nitrogen and oxygen atoms in total. The molecule has 0 saturated carbocycles. The predicted molar refractivity (Wildman–Crippen MR) is 107 cm³/mol. The van der Waals surface area contributed by atoms with Gasteiger partial charge in [0.1, 0.15) is 5.82 Å². The summed E-state index contributed by atoms with van der Waals surface area (Å²) < 4.78 is 13.5. The Hall–Kier alpha value is -1.38. The van der Waals surface area contributed by atoms with Gasteiger partial charge in [0.15, 0.2) is 5.96 Å². The molecule has 1 rings (SSSR count). The van der Waals surface area contributed by atoms with E-state index in [2.05, 4.69) is 20.9 Å². The molecule has 0 aromatic heterocycles. The zero-order valence-electron chi connectivity index (χ0n) is 14.8. The van der Waals surface area contributed by atoms with Crippen LogP contribution in [0, 0.1) is 18.7 Å². The highest BCUT2D eigenvalue weighted by Gasteiger charge is 2.05. The molecular weight excluding hydrogens is 422 g/mol. The minimum atomic E-state index is -0.216. The maximum atomic E-state index is 13.5. The minimum absolute atomic E-state index is 0. The molecule has 0 aliphatic heterocycles. The molecule has 1 aromatic rings. The van der Waals surface area contributed by atoms with Gasteiger partial charge in [0.2, 0.25) is 5.91 Å². The number of nitrogens with zero attached hydrogens (tertiary/aromatic N) is 1. The molecule has 0 aliphatic carbocycles. The smallest absolute Gasteiger partial charge is 0.222 e. The minimum Gasteiger partial charge on any atom is -0.357 e. The number of guanidine groups is 1. The van der Waals surface area contributed by atoms with Crippen molar-refractivity contribution in [3.05, 3.63) is 35.1 Å². The molecular formula is C17H28FIN4O. The van der Waals surface area contributed by atoms with Crippen LogP contribution in [0.25, 0.3) is 0 Å². The highest BCUT2D eigenvalue weighted by atomic mass is 127. The van der Waals surface area contributed by atoms with Crippen molar-refractivity contribution in [1.82, 2.24) is 16.0 Å². The first kappa shape index (κ1) is 22.6. The van der Waals surface area contributed by atoms with Crippen LogP contribution in [0.1, 0.15) is 31.9 Å². The average Bonchev–Trinajstić information content (AvgIpc) is 2.51. The Morgan fingerprint density at radius 2 is 1.88 bits per heavy atom. The number of nitrogens with one attached hydrogen (secondary N) is 3. The Bertz CT molecular complexity index is 549. The number of carbonyl (C=O) groups excluding carboxylic acids is 1.